The summed E-state index contributed by atoms with van der Waals surface area (Å²) in [4.78, 5) is 1.56. The number of sulfonamides is 1. The van der Waals surface area contributed by atoms with Crippen LogP contribution in [0.3, 0.4) is 0 Å². The van der Waals surface area contributed by atoms with Crippen LogP contribution in [0, 0.1) is 5.92 Å². The zero-order chi connectivity index (χ0) is 19.7. The molecule has 0 bridgehead atoms. The van der Waals surface area contributed by atoms with Gasteiger partial charge in [0.15, 0.2) is 0 Å². The van der Waals surface area contributed by atoms with Crippen LogP contribution in [0.1, 0.15) is 18.4 Å². The van der Waals surface area contributed by atoms with E-state index in [1.54, 1.807) is 0 Å². The topological polar surface area (TPSA) is 49.9 Å². The number of piperidine rings is 1. The molecule has 2 aliphatic rings. The van der Waals surface area contributed by atoms with Crippen molar-refractivity contribution < 1.29 is 26.3 Å². The van der Waals surface area contributed by atoms with E-state index in [9.17, 15) is 21.6 Å². The molecule has 0 aromatic heterocycles. The van der Waals surface area contributed by atoms with Gasteiger partial charge in [-0.15, -0.1) is 0 Å². The molecule has 5 nitrogen and oxygen atoms in total. The first kappa shape index (κ1) is 20.9. The summed E-state index contributed by atoms with van der Waals surface area (Å²) in [6.45, 7) is 4.42. The standard InChI is InChI=1S/C17H22ClF3N2O3S/c18-14-1-2-16(15(11-14)17(19,20)21)27(24,25)23-5-3-13(4-6-23)12-22-7-9-26-10-8-22/h1-2,11,13H,3-10,12H2. The third kappa shape index (κ3) is 4.95. The Balaban J connectivity index is 1.70. The molecule has 0 N–H and O–H groups in total. The molecule has 0 spiro atoms. The summed E-state index contributed by atoms with van der Waals surface area (Å²) in [6, 6.07) is 2.79. The lowest BCUT2D eigenvalue weighted by Crippen LogP contribution is -2.44. The Labute approximate surface area is 162 Å². The molecule has 0 aliphatic carbocycles. The van der Waals surface area contributed by atoms with Crippen LogP contribution in [0.2, 0.25) is 5.02 Å². The number of hydrogen-bond donors (Lipinski definition) is 0. The number of halogens is 4. The summed E-state index contributed by atoms with van der Waals surface area (Å²) in [6.07, 6.45) is -3.53. The van der Waals surface area contributed by atoms with Crippen molar-refractivity contribution in [2.45, 2.75) is 23.9 Å². The predicted octanol–water partition coefficient (Wildman–Crippen LogP) is 3.09. The van der Waals surface area contributed by atoms with Crippen LogP contribution in [-0.4, -0.2) is 63.6 Å². The van der Waals surface area contributed by atoms with E-state index in [0.717, 1.165) is 30.0 Å². The van der Waals surface area contributed by atoms with Crippen LogP contribution in [-0.2, 0) is 20.9 Å². The van der Waals surface area contributed by atoms with Crippen molar-refractivity contribution in [3.63, 3.8) is 0 Å². The molecule has 1 aromatic carbocycles. The molecule has 2 aliphatic heterocycles. The molecule has 0 atom stereocenters. The highest BCUT2D eigenvalue weighted by Crippen LogP contribution is 2.37. The first-order valence-electron chi connectivity index (χ1n) is 8.85. The van der Waals surface area contributed by atoms with Gasteiger partial charge >= 0.3 is 6.18 Å². The smallest absolute Gasteiger partial charge is 0.379 e. The van der Waals surface area contributed by atoms with E-state index in [-0.39, 0.29) is 18.1 Å². The van der Waals surface area contributed by atoms with Crippen LogP contribution < -0.4 is 0 Å². The number of benzene rings is 1. The van der Waals surface area contributed by atoms with Crippen LogP contribution in [0.15, 0.2) is 23.1 Å². The minimum absolute atomic E-state index is 0.148. The maximum atomic E-state index is 13.3. The lowest BCUT2D eigenvalue weighted by atomic mass is 9.97. The first-order chi connectivity index (χ1) is 12.7. The van der Waals surface area contributed by atoms with Gasteiger partial charge in [-0.1, -0.05) is 11.6 Å². The molecular formula is C17H22ClF3N2O3S. The fourth-order valence-corrected chi connectivity index (χ4v) is 5.40. The Morgan fingerprint density at radius 3 is 2.33 bits per heavy atom. The minimum Gasteiger partial charge on any atom is -0.379 e. The van der Waals surface area contributed by atoms with Crippen LogP contribution in [0.25, 0.3) is 0 Å². The average Bonchev–Trinajstić information content (AvgIpc) is 2.62. The SMILES string of the molecule is O=S(=O)(c1ccc(Cl)cc1C(F)(F)F)N1CCC(CN2CCOCC2)CC1. The molecule has 27 heavy (non-hydrogen) atoms. The van der Waals surface area contributed by atoms with Crippen LogP contribution in [0.4, 0.5) is 13.2 Å². The quantitative estimate of drug-likeness (QED) is 0.742. The molecule has 0 saturated carbocycles. The second-order valence-corrected chi connectivity index (χ2v) is 9.24. The highest BCUT2D eigenvalue weighted by Gasteiger charge is 2.40. The number of morpholine rings is 1. The van der Waals surface area contributed by atoms with Gasteiger partial charge in [0.05, 0.1) is 23.7 Å². The highest BCUT2D eigenvalue weighted by atomic mass is 35.5. The Morgan fingerprint density at radius 2 is 1.74 bits per heavy atom. The summed E-state index contributed by atoms with van der Waals surface area (Å²) < 4.78 is 72.0. The zero-order valence-electron chi connectivity index (χ0n) is 14.7. The van der Waals surface area contributed by atoms with Gasteiger partial charge in [-0.2, -0.15) is 17.5 Å². The number of alkyl halides is 3. The van der Waals surface area contributed by atoms with Crippen LogP contribution in [0.5, 0.6) is 0 Å². The molecule has 2 heterocycles. The molecule has 0 unspecified atom stereocenters. The molecule has 2 saturated heterocycles. The Kier molecular flexibility index (Phi) is 6.37. The van der Waals surface area contributed by atoms with Crippen molar-refractivity contribution in [1.29, 1.82) is 0 Å². The van der Waals surface area contributed by atoms with Gasteiger partial charge in [0, 0.05) is 37.7 Å². The van der Waals surface area contributed by atoms with E-state index in [4.69, 9.17) is 16.3 Å². The molecule has 152 valence electrons. The number of ether oxygens (including phenoxy) is 1. The van der Waals surface area contributed by atoms with E-state index < -0.39 is 26.7 Å². The second-order valence-electron chi connectivity index (χ2n) is 6.90. The summed E-state index contributed by atoms with van der Waals surface area (Å²) in [5.74, 6) is 0.335. The van der Waals surface area contributed by atoms with E-state index in [1.807, 2.05) is 0 Å². The zero-order valence-corrected chi connectivity index (χ0v) is 16.3. The minimum atomic E-state index is -4.79. The van der Waals surface area contributed by atoms with E-state index in [2.05, 4.69) is 4.90 Å². The number of rotatable bonds is 4. The van der Waals surface area contributed by atoms with Gasteiger partial charge in [-0.25, -0.2) is 8.42 Å². The summed E-state index contributed by atoms with van der Waals surface area (Å²) in [7, 11) is -4.23. The molecule has 2 fully saturated rings. The Hall–Kier alpha value is -0.870. The molecule has 10 heteroatoms. The second kappa shape index (κ2) is 8.24. The predicted molar refractivity (Wildman–Crippen MR) is 95.2 cm³/mol. The lowest BCUT2D eigenvalue weighted by Gasteiger charge is -2.35. The Morgan fingerprint density at radius 1 is 1.11 bits per heavy atom. The third-order valence-electron chi connectivity index (χ3n) is 5.06. The van der Waals surface area contributed by atoms with Crippen molar-refractivity contribution in [2.75, 3.05) is 45.9 Å². The maximum Gasteiger partial charge on any atom is 0.417 e. The molecule has 0 radical (unpaired) electrons. The summed E-state index contributed by atoms with van der Waals surface area (Å²) in [5, 5.41) is -0.148. The largest absolute Gasteiger partial charge is 0.417 e. The van der Waals surface area contributed by atoms with Gasteiger partial charge in [0.2, 0.25) is 10.0 Å². The fraction of sp³-hybridized carbons (Fsp3) is 0.647. The van der Waals surface area contributed by atoms with Gasteiger partial charge in [0.1, 0.15) is 0 Å². The van der Waals surface area contributed by atoms with E-state index in [1.165, 1.54) is 6.07 Å². The van der Waals surface area contributed by atoms with Gasteiger partial charge in [0.25, 0.3) is 0 Å². The van der Waals surface area contributed by atoms with Crippen LogP contribution >= 0.6 is 11.6 Å². The molecular weight excluding hydrogens is 405 g/mol. The van der Waals surface area contributed by atoms with Crippen molar-refractivity contribution in [3.05, 3.63) is 28.8 Å². The van der Waals surface area contributed by atoms with Gasteiger partial charge in [-0.3, -0.25) is 4.90 Å². The van der Waals surface area contributed by atoms with Gasteiger partial charge < -0.3 is 4.74 Å². The van der Waals surface area contributed by atoms with Gasteiger partial charge in [-0.05, 0) is 37.0 Å². The van der Waals surface area contributed by atoms with E-state index in [0.29, 0.717) is 38.0 Å². The van der Waals surface area contributed by atoms with Crippen molar-refractivity contribution in [3.8, 4) is 0 Å². The van der Waals surface area contributed by atoms with Crippen molar-refractivity contribution in [1.82, 2.24) is 9.21 Å². The summed E-state index contributed by atoms with van der Waals surface area (Å²) in [5.41, 5.74) is -1.22. The van der Waals surface area contributed by atoms with E-state index >= 15 is 0 Å². The molecule has 3 rings (SSSR count). The lowest BCUT2D eigenvalue weighted by molar-refractivity contribution is -0.139. The third-order valence-corrected chi connectivity index (χ3v) is 7.25. The highest BCUT2D eigenvalue weighted by molar-refractivity contribution is 7.89. The van der Waals surface area contributed by atoms with Crippen molar-refractivity contribution >= 4 is 21.6 Å². The molecule has 1 aromatic rings. The normalized spacial score (nSPS) is 21.5. The summed E-state index contributed by atoms with van der Waals surface area (Å²) >= 11 is 5.65. The fourth-order valence-electron chi connectivity index (χ4n) is 3.57. The Bertz CT molecular complexity index is 759. The molecule has 0 amide bonds. The maximum absolute atomic E-state index is 13.3. The van der Waals surface area contributed by atoms with Crippen molar-refractivity contribution in [2.24, 2.45) is 5.92 Å². The average molecular weight is 427 g/mol. The number of hydrogen-bond acceptors (Lipinski definition) is 4. The monoisotopic (exact) mass is 426 g/mol. The first-order valence-corrected chi connectivity index (χ1v) is 10.7. The number of nitrogens with zero attached hydrogens (tertiary/aromatic N) is 2.